The second-order valence-corrected chi connectivity index (χ2v) is 2.08. The highest BCUT2D eigenvalue weighted by atomic mass is 19.1. The third-order valence-corrected chi connectivity index (χ3v) is 1.45. The van der Waals surface area contributed by atoms with E-state index in [0.717, 1.165) is 5.69 Å². The van der Waals surface area contributed by atoms with Crippen molar-refractivity contribution >= 4 is 5.69 Å². The molecule has 0 aliphatic carbocycles. The van der Waals surface area contributed by atoms with Crippen LogP contribution in [0.5, 0.6) is 5.75 Å². The van der Waals surface area contributed by atoms with Crippen molar-refractivity contribution in [3.8, 4) is 5.75 Å². The Kier molecular flexibility index (Phi) is 1.03. The van der Waals surface area contributed by atoms with Crippen LogP contribution in [-0.4, -0.2) is 6.73 Å². The summed E-state index contributed by atoms with van der Waals surface area (Å²) in [5.41, 5.74) is 0.736. The van der Waals surface area contributed by atoms with Crippen molar-refractivity contribution in [1.29, 1.82) is 0 Å². The zero-order chi connectivity index (χ0) is 6.97. The lowest BCUT2D eigenvalue weighted by molar-refractivity contribution is 0.352. The lowest BCUT2D eigenvalue weighted by Gasteiger charge is -1.95. The zero-order valence-electron chi connectivity index (χ0n) is 5.23. The molecule has 1 aliphatic heterocycles. The molecule has 0 spiro atoms. The van der Waals surface area contributed by atoms with Gasteiger partial charge in [0.25, 0.3) is 0 Å². The number of benzene rings is 1. The van der Waals surface area contributed by atoms with Gasteiger partial charge in [0.05, 0.1) is 5.69 Å². The summed E-state index contributed by atoms with van der Waals surface area (Å²) in [6.45, 7) is 0.371. The van der Waals surface area contributed by atoms with E-state index in [4.69, 9.17) is 4.74 Å². The lowest BCUT2D eigenvalue weighted by atomic mass is 10.3. The van der Waals surface area contributed by atoms with Gasteiger partial charge in [-0.2, -0.15) is 0 Å². The number of fused-ring (bicyclic) bond motifs is 1. The summed E-state index contributed by atoms with van der Waals surface area (Å²) in [6.07, 6.45) is 0. The van der Waals surface area contributed by atoms with Gasteiger partial charge in [0, 0.05) is 0 Å². The Bertz CT molecular complexity index is 262. The molecule has 1 aromatic rings. The minimum absolute atomic E-state index is 0.303. The highest BCUT2D eigenvalue weighted by molar-refractivity contribution is 5.59. The minimum Gasteiger partial charge on any atom is -0.468 e. The van der Waals surface area contributed by atoms with E-state index in [0.29, 0.717) is 12.5 Å². The molecule has 0 atom stereocenters. The fourth-order valence-electron chi connectivity index (χ4n) is 0.981. The first-order valence-corrected chi connectivity index (χ1v) is 3.03. The predicted molar refractivity (Wildman–Crippen MR) is 35.5 cm³/mol. The lowest BCUT2D eigenvalue weighted by Crippen LogP contribution is -1.96. The van der Waals surface area contributed by atoms with Crippen LogP contribution in [0.1, 0.15) is 0 Å². The van der Waals surface area contributed by atoms with Crippen LogP contribution >= 0.6 is 0 Å². The second kappa shape index (κ2) is 1.87. The summed E-state index contributed by atoms with van der Waals surface area (Å²) < 4.78 is 17.7. The van der Waals surface area contributed by atoms with Gasteiger partial charge in [-0.05, 0) is 12.1 Å². The van der Waals surface area contributed by atoms with Gasteiger partial charge < -0.3 is 10.1 Å². The topological polar surface area (TPSA) is 21.3 Å². The molecule has 3 heteroatoms. The normalized spacial score (nSPS) is 13.7. The molecule has 0 unspecified atom stereocenters. The van der Waals surface area contributed by atoms with Gasteiger partial charge in [-0.25, -0.2) is 4.39 Å². The molecular formula is C7H6FNO. The Hall–Kier alpha value is -1.25. The molecule has 0 radical (unpaired) electrons. The molecule has 0 saturated heterocycles. The smallest absolute Gasteiger partial charge is 0.180 e. The van der Waals surface area contributed by atoms with E-state index in [-0.39, 0.29) is 5.82 Å². The van der Waals surface area contributed by atoms with E-state index in [2.05, 4.69) is 5.32 Å². The number of halogens is 1. The Labute approximate surface area is 57.6 Å². The predicted octanol–water partition coefficient (Wildman–Crippen LogP) is 1.59. The van der Waals surface area contributed by atoms with E-state index in [9.17, 15) is 4.39 Å². The number of ether oxygens (including phenoxy) is 1. The molecule has 1 aromatic carbocycles. The highest BCUT2D eigenvalue weighted by Gasteiger charge is 2.13. The van der Waals surface area contributed by atoms with E-state index < -0.39 is 0 Å². The first-order chi connectivity index (χ1) is 4.88. The SMILES string of the molecule is Fc1cccc2c1OCN2. The standard InChI is InChI=1S/C7H6FNO/c8-5-2-1-3-6-7(5)10-4-9-6/h1-3,9H,4H2. The van der Waals surface area contributed by atoms with Gasteiger partial charge in [-0.15, -0.1) is 0 Å². The molecule has 2 nitrogen and oxygen atoms in total. The van der Waals surface area contributed by atoms with Crippen LogP contribution in [0.25, 0.3) is 0 Å². The van der Waals surface area contributed by atoms with E-state index >= 15 is 0 Å². The number of para-hydroxylation sites is 1. The van der Waals surface area contributed by atoms with Crippen LogP contribution in [0.4, 0.5) is 10.1 Å². The Balaban J connectivity index is 2.59. The van der Waals surface area contributed by atoms with Crippen molar-refractivity contribution in [3.05, 3.63) is 24.0 Å². The summed E-state index contributed by atoms with van der Waals surface area (Å²) in [7, 11) is 0. The third-order valence-electron chi connectivity index (χ3n) is 1.45. The molecule has 52 valence electrons. The highest BCUT2D eigenvalue weighted by Crippen LogP contribution is 2.30. The molecule has 0 bridgehead atoms. The van der Waals surface area contributed by atoms with Crippen LogP contribution in [-0.2, 0) is 0 Å². The van der Waals surface area contributed by atoms with Crippen LogP contribution in [0, 0.1) is 5.82 Å². The summed E-state index contributed by atoms with van der Waals surface area (Å²) in [5, 5.41) is 2.88. The van der Waals surface area contributed by atoms with Gasteiger partial charge in [0.1, 0.15) is 0 Å². The van der Waals surface area contributed by atoms with Crippen molar-refractivity contribution < 1.29 is 9.13 Å². The third kappa shape index (κ3) is 0.635. The monoisotopic (exact) mass is 139 g/mol. The molecule has 0 amide bonds. The van der Waals surface area contributed by atoms with Gasteiger partial charge in [0.2, 0.25) is 0 Å². The molecule has 0 fully saturated rings. The molecular weight excluding hydrogens is 133 g/mol. The maximum absolute atomic E-state index is 12.7. The fraction of sp³-hybridized carbons (Fsp3) is 0.143. The van der Waals surface area contributed by atoms with Crippen molar-refractivity contribution in [1.82, 2.24) is 0 Å². The molecule has 10 heavy (non-hydrogen) atoms. The Morgan fingerprint density at radius 1 is 1.50 bits per heavy atom. The molecule has 1 N–H and O–H groups in total. The zero-order valence-corrected chi connectivity index (χ0v) is 5.23. The number of anilines is 1. The molecule has 0 aromatic heterocycles. The second-order valence-electron chi connectivity index (χ2n) is 2.08. The molecule has 2 rings (SSSR count). The maximum atomic E-state index is 12.7. The van der Waals surface area contributed by atoms with Crippen LogP contribution in [0.3, 0.4) is 0 Å². The largest absolute Gasteiger partial charge is 0.468 e. The number of nitrogens with one attached hydrogen (secondary N) is 1. The summed E-state index contributed by atoms with van der Waals surface area (Å²) >= 11 is 0. The van der Waals surface area contributed by atoms with Crippen molar-refractivity contribution in [3.63, 3.8) is 0 Å². The number of hydrogen-bond acceptors (Lipinski definition) is 2. The van der Waals surface area contributed by atoms with Gasteiger partial charge in [-0.3, -0.25) is 0 Å². The van der Waals surface area contributed by atoms with Crippen LogP contribution in [0.15, 0.2) is 18.2 Å². The molecule has 1 aliphatic rings. The van der Waals surface area contributed by atoms with Crippen molar-refractivity contribution in [2.24, 2.45) is 0 Å². The average Bonchev–Trinajstić information content (AvgIpc) is 2.36. The summed E-state index contributed by atoms with van der Waals surface area (Å²) in [6, 6.07) is 4.81. The number of hydrogen-bond donors (Lipinski definition) is 1. The first kappa shape index (κ1) is 5.53. The fourth-order valence-corrected chi connectivity index (χ4v) is 0.981. The van der Waals surface area contributed by atoms with Gasteiger partial charge in [-0.1, -0.05) is 6.07 Å². The molecule has 1 heterocycles. The van der Waals surface area contributed by atoms with Crippen molar-refractivity contribution in [2.75, 3.05) is 12.0 Å². The maximum Gasteiger partial charge on any atom is 0.180 e. The summed E-state index contributed by atoms with van der Waals surface area (Å²) in [4.78, 5) is 0. The van der Waals surface area contributed by atoms with E-state index in [1.54, 1.807) is 12.1 Å². The van der Waals surface area contributed by atoms with E-state index in [1.165, 1.54) is 6.07 Å². The van der Waals surface area contributed by atoms with Crippen LogP contribution < -0.4 is 10.1 Å². The van der Waals surface area contributed by atoms with Crippen molar-refractivity contribution in [2.45, 2.75) is 0 Å². The Morgan fingerprint density at radius 2 is 2.40 bits per heavy atom. The van der Waals surface area contributed by atoms with Gasteiger partial charge >= 0.3 is 0 Å². The van der Waals surface area contributed by atoms with Crippen LogP contribution in [0.2, 0.25) is 0 Å². The number of rotatable bonds is 0. The Morgan fingerprint density at radius 3 is 3.20 bits per heavy atom. The summed E-state index contributed by atoms with van der Waals surface area (Å²) in [5.74, 6) is 0.0324. The average molecular weight is 139 g/mol. The van der Waals surface area contributed by atoms with E-state index in [1.807, 2.05) is 0 Å². The molecule has 0 saturated carbocycles. The van der Waals surface area contributed by atoms with Gasteiger partial charge in [0.15, 0.2) is 18.3 Å². The first-order valence-electron chi connectivity index (χ1n) is 3.03. The minimum atomic E-state index is -0.303. The quantitative estimate of drug-likeness (QED) is 0.589.